The first-order chi connectivity index (χ1) is 11.1. The molecule has 0 radical (unpaired) electrons. The maximum atomic E-state index is 12.7. The number of anilines is 2. The van der Waals surface area contributed by atoms with Crippen LogP contribution < -0.4 is 10.2 Å². The molecule has 5 heteroatoms. The van der Waals surface area contributed by atoms with Gasteiger partial charge in [-0.2, -0.15) is 0 Å². The molecule has 5 nitrogen and oxygen atoms in total. The van der Waals surface area contributed by atoms with Gasteiger partial charge in [0, 0.05) is 13.1 Å². The highest BCUT2D eigenvalue weighted by molar-refractivity contribution is 6.07. The lowest BCUT2D eigenvalue weighted by Crippen LogP contribution is -2.50. The van der Waals surface area contributed by atoms with Gasteiger partial charge in [-0.3, -0.25) is 14.5 Å². The molecule has 0 spiro atoms. The van der Waals surface area contributed by atoms with Crippen LogP contribution in [0.5, 0.6) is 0 Å². The van der Waals surface area contributed by atoms with Crippen LogP contribution >= 0.6 is 0 Å². The first kappa shape index (κ1) is 15.8. The first-order valence-corrected chi connectivity index (χ1v) is 8.52. The summed E-state index contributed by atoms with van der Waals surface area (Å²) in [5.74, 6) is 0.0189. The number of benzene rings is 1. The van der Waals surface area contributed by atoms with Crippen LogP contribution in [0.2, 0.25) is 0 Å². The Bertz CT molecular complexity index is 606. The summed E-state index contributed by atoms with van der Waals surface area (Å²) in [7, 11) is 0. The number of hydrogen-bond donors (Lipinski definition) is 1. The lowest BCUT2D eigenvalue weighted by atomic mass is 10.1. The van der Waals surface area contributed by atoms with Crippen molar-refractivity contribution in [2.24, 2.45) is 0 Å². The average molecular weight is 315 g/mol. The zero-order valence-corrected chi connectivity index (χ0v) is 14.0. The van der Waals surface area contributed by atoms with E-state index in [0.29, 0.717) is 0 Å². The minimum atomic E-state index is -0.304. The van der Waals surface area contributed by atoms with Crippen LogP contribution in [0.25, 0.3) is 0 Å². The molecule has 1 fully saturated rings. The molecule has 1 atom stereocenters. The predicted octanol–water partition coefficient (Wildman–Crippen LogP) is 2.54. The third-order valence-corrected chi connectivity index (χ3v) is 4.70. The summed E-state index contributed by atoms with van der Waals surface area (Å²) >= 11 is 0. The number of rotatable bonds is 2. The fourth-order valence-corrected chi connectivity index (χ4v) is 3.37. The molecule has 3 rings (SSSR count). The quantitative estimate of drug-likeness (QED) is 0.912. The topological polar surface area (TPSA) is 52.7 Å². The summed E-state index contributed by atoms with van der Waals surface area (Å²) in [6.07, 6.45) is 4.51. The van der Waals surface area contributed by atoms with E-state index in [0.717, 1.165) is 42.9 Å². The molecule has 2 aliphatic heterocycles. The van der Waals surface area contributed by atoms with Crippen molar-refractivity contribution in [3.63, 3.8) is 0 Å². The van der Waals surface area contributed by atoms with E-state index in [-0.39, 0.29) is 24.4 Å². The maximum Gasteiger partial charge on any atom is 0.249 e. The molecule has 1 aromatic rings. The van der Waals surface area contributed by atoms with Crippen LogP contribution in [0.3, 0.4) is 0 Å². The molecule has 0 saturated carbocycles. The van der Waals surface area contributed by atoms with Crippen LogP contribution in [0.1, 0.15) is 38.2 Å². The van der Waals surface area contributed by atoms with Gasteiger partial charge in [0.05, 0.1) is 11.4 Å². The second-order valence-corrected chi connectivity index (χ2v) is 6.61. The molecule has 2 heterocycles. The summed E-state index contributed by atoms with van der Waals surface area (Å²) in [6, 6.07) is 5.63. The number of fused-ring (bicyclic) bond motifs is 1. The number of carbonyl (C=O) groups is 2. The Hall–Kier alpha value is -2.04. The van der Waals surface area contributed by atoms with Gasteiger partial charge in [0.15, 0.2) is 0 Å². The molecule has 1 saturated heterocycles. The average Bonchev–Trinajstić information content (AvgIpc) is 2.80. The molecule has 0 aliphatic carbocycles. The van der Waals surface area contributed by atoms with Crippen molar-refractivity contribution in [3.8, 4) is 0 Å². The standard InChI is InChI=1S/C18H25N3O2/c1-13-7-8-16-15(11-13)19-14(2)18(23)21(16)12-17(22)20-9-5-3-4-6-10-20/h7-8,11,14,19H,3-6,9-10,12H2,1-2H3. The second kappa shape index (κ2) is 6.60. The lowest BCUT2D eigenvalue weighted by Gasteiger charge is -2.35. The molecule has 2 aliphatic rings. The largest absolute Gasteiger partial charge is 0.372 e. The Balaban J connectivity index is 1.80. The Labute approximate surface area is 137 Å². The zero-order valence-electron chi connectivity index (χ0n) is 14.0. The van der Waals surface area contributed by atoms with Crippen LogP contribution in [0.15, 0.2) is 18.2 Å². The van der Waals surface area contributed by atoms with Gasteiger partial charge in [-0.05, 0) is 44.4 Å². The highest BCUT2D eigenvalue weighted by Gasteiger charge is 2.32. The highest BCUT2D eigenvalue weighted by Crippen LogP contribution is 2.32. The molecule has 124 valence electrons. The predicted molar refractivity (Wildman–Crippen MR) is 91.7 cm³/mol. The van der Waals surface area contributed by atoms with E-state index in [1.54, 1.807) is 4.90 Å². The lowest BCUT2D eigenvalue weighted by molar-refractivity contribution is -0.131. The van der Waals surface area contributed by atoms with Crippen LogP contribution in [-0.2, 0) is 9.59 Å². The second-order valence-electron chi connectivity index (χ2n) is 6.61. The van der Waals surface area contributed by atoms with Gasteiger partial charge in [-0.1, -0.05) is 18.9 Å². The Morgan fingerprint density at radius 1 is 1.22 bits per heavy atom. The minimum absolute atomic E-state index is 0.0375. The normalized spacial score (nSPS) is 21.5. The summed E-state index contributed by atoms with van der Waals surface area (Å²) < 4.78 is 0. The van der Waals surface area contributed by atoms with Gasteiger partial charge in [-0.15, -0.1) is 0 Å². The summed E-state index contributed by atoms with van der Waals surface area (Å²) in [5, 5.41) is 3.23. The van der Waals surface area contributed by atoms with E-state index in [1.165, 1.54) is 12.8 Å². The van der Waals surface area contributed by atoms with Crippen LogP contribution in [0, 0.1) is 6.92 Å². The number of amides is 2. The molecule has 0 bridgehead atoms. The number of nitrogens with zero attached hydrogens (tertiary/aromatic N) is 2. The van der Waals surface area contributed by atoms with E-state index in [2.05, 4.69) is 5.32 Å². The molecule has 1 aromatic carbocycles. The third kappa shape index (κ3) is 3.33. The van der Waals surface area contributed by atoms with Crippen molar-refractivity contribution in [2.75, 3.05) is 29.9 Å². The van der Waals surface area contributed by atoms with E-state index in [4.69, 9.17) is 0 Å². The fraction of sp³-hybridized carbons (Fsp3) is 0.556. The third-order valence-electron chi connectivity index (χ3n) is 4.70. The molecule has 0 aromatic heterocycles. The maximum absolute atomic E-state index is 12.7. The smallest absolute Gasteiger partial charge is 0.249 e. The number of likely N-dealkylation sites (tertiary alicyclic amines) is 1. The fourth-order valence-electron chi connectivity index (χ4n) is 3.37. The van der Waals surface area contributed by atoms with Crippen molar-refractivity contribution >= 4 is 23.2 Å². The molecule has 23 heavy (non-hydrogen) atoms. The van der Waals surface area contributed by atoms with Crippen molar-refractivity contribution in [1.82, 2.24) is 4.90 Å². The van der Waals surface area contributed by atoms with E-state index in [9.17, 15) is 9.59 Å². The van der Waals surface area contributed by atoms with E-state index >= 15 is 0 Å². The van der Waals surface area contributed by atoms with Crippen molar-refractivity contribution in [2.45, 2.75) is 45.6 Å². The summed E-state index contributed by atoms with van der Waals surface area (Å²) in [5.41, 5.74) is 2.87. The number of hydrogen-bond acceptors (Lipinski definition) is 3. The first-order valence-electron chi connectivity index (χ1n) is 8.52. The van der Waals surface area contributed by atoms with Crippen LogP contribution in [0.4, 0.5) is 11.4 Å². The highest BCUT2D eigenvalue weighted by atomic mass is 16.2. The van der Waals surface area contributed by atoms with Gasteiger partial charge in [0.1, 0.15) is 12.6 Å². The molecular formula is C18H25N3O2. The monoisotopic (exact) mass is 315 g/mol. The van der Waals surface area contributed by atoms with E-state index in [1.807, 2.05) is 36.9 Å². The SMILES string of the molecule is Cc1ccc2c(c1)NC(C)C(=O)N2CC(=O)N1CCCCCC1. The summed E-state index contributed by atoms with van der Waals surface area (Å²) in [4.78, 5) is 28.8. The summed E-state index contributed by atoms with van der Waals surface area (Å²) in [6.45, 7) is 5.64. The van der Waals surface area contributed by atoms with Gasteiger partial charge >= 0.3 is 0 Å². The molecule has 2 amide bonds. The van der Waals surface area contributed by atoms with Crippen molar-refractivity contribution in [1.29, 1.82) is 0 Å². The van der Waals surface area contributed by atoms with Gasteiger partial charge in [0.2, 0.25) is 11.8 Å². The van der Waals surface area contributed by atoms with E-state index < -0.39 is 0 Å². The van der Waals surface area contributed by atoms with Crippen LogP contribution in [-0.4, -0.2) is 42.4 Å². The van der Waals surface area contributed by atoms with Gasteiger partial charge in [-0.25, -0.2) is 0 Å². The van der Waals surface area contributed by atoms with Crippen molar-refractivity contribution in [3.05, 3.63) is 23.8 Å². The zero-order chi connectivity index (χ0) is 16.4. The van der Waals surface area contributed by atoms with Gasteiger partial charge < -0.3 is 10.2 Å². The Morgan fingerprint density at radius 2 is 1.91 bits per heavy atom. The minimum Gasteiger partial charge on any atom is -0.372 e. The molecule has 1 unspecified atom stereocenters. The van der Waals surface area contributed by atoms with Crippen molar-refractivity contribution < 1.29 is 9.59 Å². The Kier molecular flexibility index (Phi) is 4.55. The Morgan fingerprint density at radius 3 is 2.61 bits per heavy atom. The van der Waals surface area contributed by atoms with Gasteiger partial charge in [0.25, 0.3) is 0 Å². The number of aryl methyl sites for hydroxylation is 1. The number of carbonyl (C=O) groups excluding carboxylic acids is 2. The molecular weight excluding hydrogens is 290 g/mol. The number of nitrogens with one attached hydrogen (secondary N) is 1. The molecule has 1 N–H and O–H groups in total.